The highest BCUT2D eigenvalue weighted by Gasteiger charge is 2.19. The summed E-state index contributed by atoms with van der Waals surface area (Å²) in [5, 5.41) is 8.56. The number of rotatable bonds is 1. The minimum absolute atomic E-state index is 0.576. The van der Waals surface area contributed by atoms with Crippen LogP contribution >= 0.6 is 0 Å². The molecule has 1 aromatic carbocycles. The average molecular weight is 157 g/mol. The molecule has 0 heterocycles. The Morgan fingerprint density at radius 2 is 1.83 bits per heavy atom. The van der Waals surface area contributed by atoms with E-state index in [-0.39, 0.29) is 0 Å². The zero-order chi connectivity index (χ0) is 8.39. The Labute approximate surface area is 72.6 Å². The van der Waals surface area contributed by atoms with Gasteiger partial charge in [-0.15, -0.1) is 0 Å². The van der Waals surface area contributed by atoms with Crippen molar-refractivity contribution in [3.8, 4) is 6.07 Å². The van der Waals surface area contributed by atoms with Crippen molar-refractivity contribution in [1.29, 1.82) is 5.26 Å². The van der Waals surface area contributed by atoms with Crippen LogP contribution < -0.4 is 0 Å². The Morgan fingerprint density at radius 3 is 2.33 bits per heavy atom. The first-order valence-corrected chi connectivity index (χ1v) is 4.34. The van der Waals surface area contributed by atoms with Crippen LogP contribution in [-0.4, -0.2) is 0 Å². The highest BCUT2D eigenvalue weighted by molar-refractivity contribution is 5.32. The van der Waals surface area contributed by atoms with Crippen molar-refractivity contribution in [2.24, 2.45) is 5.92 Å². The van der Waals surface area contributed by atoms with E-state index in [1.165, 1.54) is 11.1 Å². The lowest BCUT2D eigenvalue weighted by atomic mass is 10.0. The molecule has 0 bridgehead atoms. The third kappa shape index (κ3) is 1.21. The molecule has 0 aliphatic heterocycles. The number of hydrogen-bond acceptors (Lipinski definition) is 1. The summed E-state index contributed by atoms with van der Waals surface area (Å²) in [4.78, 5) is 0. The Kier molecular flexibility index (Phi) is 1.83. The molecular formula is C11H11N. The Morgan fingerprint density at radius 1 is 1.25 bits per heavy atom. The van der Waals surface area contributed by atoms with Crippen LogP contribution in [0.5, 0.6) is 0 Å². The van der Waals surface area contributed by atoms with Crippen LogP contribution in [0.15, 0.2) is 24.3 Å². The summed E-state index contributed by atoms with van der Waals surface area (Å²) in [6.07, 6.45) is 2.90. The van der Waals surface area contributed by atoms with Crippen molar-refractivity contribution in [1.82, 2.24) is 0 Å². The molecule has 0 unspecified atom stereocenters. The topological polar surface area (TPSA) is 23.8 Å². The summed E-state index contributed by atoms with van der Waals surface area (Å²) < 4.78 is 0. The smallest absolute Gasteiger partial charge is 0.0624 e. The molecule has 1 aliphatic rings. The summed E-state index contributed by atoms with van der Waals surface area (Å²) >= 11 is 0. The van der Waals surface area contributed by atoms with Crippen LogP contribution in [0.2, 0.25) is 0 Å². The van der Waals surface area contributed by atoms with Crippen LogP contribution in [0.3, 0.4) is 0 Å². The van der Waals surface area contributed by atoms with Gasteiger partial charge in [-0.2, -0.15) is 5.26 Å². The highest BCUT2D eigenvalue weighted by Crippen LogP contribution is 2.27. The van der Waals surface area contributed by atoms with Gasteiger partial charge in [0.25, 0.3) is 0 Å². The van der Waals surface area contributed by atoms with E-state index < -0.39 is 0 Å². The highest BCUT2D eigenvalue weighted by atomic mass is 14.3. The fourth-order valence-electron chi connectivity index (χ4n) is 1.92. The lowest BCUT2D eigenvalue weighted by Gasteiger charge is -1.99. The molecule has 0 atom stereocenters. The molecule has 12 heavy (non-hydrogen) atoms. The van der Waals surface area contributed by atoms with E-state index in [2.05, 4.69) is 30.3 Å². The average Bonchev–Trinajstić information content (AvgIpc) is 2.47. The molecule has 0 saturated carbocycles. The standard InChI is InChI=1S/C11H11N/c12-6-5-9-7-10-3-1-2-4-11(10)8-9/h1-4,9H,5,7-8H2. The number of nitriles is 1. The van der Waals surface area contributed by atoms with E-state index in [1.807, 2.05) is 0 Å². The van der Waals surface area contributed by atoms with Crippen molar-refractivity contribution >= 4 is 0 Å². The van der Waals surface area contributed by atoms with Crippen molar-refractivity contribution in [2.75, 3.05) is 0 Å². The van der Waals surface area contributed by atoms with Crippen LogP contribution in [0, 0.1) is 17.2 Å². The van der Waals surface area contributed by atoms with Gasteiger partial charge < -0.3 is 0 Å². The number of nitrogens with zero attached hydrogens (tertiary/aromatic N) is 1. The van der Waals surface area contributed by atoms with Gasteiger partial charge in [0.05, 0.1) is 6.07 Å². The van der Waals surface area contributed by atoms with Gasteiger partial charge in [0.15, 0.2) is 0 Å². The van der Waals surface area contributed by atoms with E-state index in [0.29, 0.717) is 12.3 Å². The maximum absolute atomic E-state index is 8.56. The SMILES string of the molecule is N#CCC1Cc2ccccc2C1. The van der Waals surface area contributed by atoms with Gasteiger partial charge in [-0.05, 0) is 29.9 Å². The van der Waals surface area contributed by atoms with Crippen molar-refractivity contribution < 1.29 is 0 Å². The van der Waals surface area contributed by atoms with Gasteiger partial charge in [-0.1, -0.05) is 24.3 Å². The predicted octanol–water partition coefficient (Wildman–Crippen LogP) is 2.32. The van der Waals surface area contributed by atoms with E-state index in [1.54, 1.807) is 0 Å². The first kappa shape index (κ1) is 7.36. The number of benzene rings is 1. The molecule has 1 aliphatic carbocycles. The van der Waals surface area contributed by atoms with Crippen molar-refractivity contribution in [2.45, 2.75) is 19.3 Å². The molecule has 1 aromatic rings. The fourth-order valence-corrected chi connectivity index (χ4v) is 1.92. The second-order valence-corrected chi connectivity index (χ2v) is 3.41. The van der Waals surface area contributed by atoms with Gasteiger partial charge in [0, 0.05) is 6.42 Å². The molecule has 0 amide bonds. The first-order valence-electron chi connectivity index (χ1n) is 4.34. The molecule has 60 valence electrons. The van der Waals surface area contributed by atoms with E-state index >= 15 is 0 Å². The lowest BCUT2D eigenvalue weighted by Crippen LogP contribution is -1.96. The molecule has 0 aromatic heterocycles. The molecule has 1 nitrogen and oxygen atoms in total. The third-order valence-electron chi connectivity index (χ3n) is 2.52. The fraction of sp³-hybridized carbons (Fsp3) is 0.364. The minimum atomic E-state index is 0.576. The molecule has 0 N–H and O–H groups in total. The molecule has 0 radical (unpaired) electrons. The summed E-state index contributed by atoms with van der Waals surface area (Å²) in [7, 11) is 0. The summed E-state index contributed by atoms with van der Waals surface area (Å²) in [6, 6.07) is 10.7. The summed E-state index contributed by atoms with van der Waals surface area (Å²) in [5.74, 6) is 0.576. The molecule has 0 saturated heterocycles. The van der Waals surface area contributed by atoms with Gasteiger partial charge in [-0.3, -0.25) is 0 Å². The Bertz CT molecular complexity index is 297. The second-order valence-electron chi connectivity index (χ2n) is 3.41. The van der Waals surface area contributed by atoms with E-state index in [0.717, 1.165) is 12.8 Å². The molecule has 2 rings (SSSR count). The van der Waals surface area contributed by atoms with Crippen LogP contribution in [0.4, 0.5) is 0 Å². The van der Waals surface area contributed by atoms with Gasteiger partial charge in [0.1, 0.15) is 0 Å². The normalized spacial score (nSPS) is 15.6. The van der Waals surface area contributed by atoms with Crippen molar-refractivity contribution in [3.05, 3.63) is 35.4 Å². The van der Waals surface area contributed by atoms with Gasteiger partial charge in [-0.25, -0.2) is 0 Å². The molecule has 0 spiro atoms. The summed E-state index contributed by atoms with van der Waals surface area (Å²) in [6.45, 7) is 0. The number of fused-ring (bicyclic) bond motifs is 1. The van der Waals surface area contributed by atoms with Crippen LogP contribution in [-0.2, 0) is 12.8 Å². The Balaban J connectivity index is 2.18. The van der Waals surface area contributed by atoms with Crippen LogP contribution in [0.1, 0.15) is 17.5 Å². The second kappa shape index (κ2) is 2.98. The molecular weight excluding hydrogens is 146 g/mol. The number of hydrogen-bond donors (Lipinski definition) is 0. The molecule has 0 fully saturated rings. The molecule has 1 heteroatoms. The summed E-state index contributed by atoms with van der Waals surface area (Å²) in [5.41, 5.74) is 2.88. The van der Waals surface area contributed by atoms with Gasteiger partial charge >= 0.3 is 0 Å². The van der Waals surface area contributed by atoms with Crippen molar-refractivity contribution in [3.63, 3.8) is 0 Å². The van der Waals surface area contributed by atoms with Crippen LogP contribution in [0.25, 0.3) is 0 Å². The quantitative estimate of drug-likeness (QED) is 0.613. The lowest BCUT2D eigenvalue weighted by molar-refractivity contribution is 0.577. The predicted molar refractivity (Wildman–Crippen MR) is 47.6 cm³/mol. The zero-order valence-corrected chi connectivity index (χ0v) is 6.96. The zero-order valence-electron chi connectivity index (χ0n) is 6.96. The Hall–Kier alpha value is -1.29. The minimum Gasteiger partial charge on any atom is -0.198 e. The monoisotopic (exact) mass is 157 g/mol. The van der Waals surface area contributed by atoms with Gasteiger partial charge in [0.2, 0.25) is 0 Å². The van der Waals surface area contributed by atoms with E-state index in [4.69, 9.17) is 5.26 Å². The third-order valence-corrected chi connectivity index (χ3v) is 2.52. The maximum Gasteiger partial charge on any atom is 0.0624 e. The largest absolute Gasteiger partial charge is 0.198 e. The maximum atomic E-state index is 8.56. The first-order chi connectivity index (χ1) is 5.90. The van der Waals surface area contributed by atoms with E-state index in [9.17, 15) is 0 Å².